The van der Waals surface area contributed by atoms with Gasteiger partial charge in [0.05, 0.1) is 0 Å². The minimum Gasteiger partial charge on any atom is -0.365 e. The average Bonchev–Trinajstić information content (AvgIpc) is 2.54. The first-order valence-electron chi connectivity index (χ1n) is 8.42. The molecule has 1 aliphatic rings. The summed E-state index contributed by atoms with van der Waals surface area (Å²) in [6.45, 7) is 7.76. The highest BCUT2D eigenvalue weighted by atomic mass is 16.1. The Bertz CT molecular complexity index is 757. The Morgan fingerprint density at radius 1 is 1.33 bits per heavy atom. The average molecular weight is 328 g/mol. The van der Waals surface area contributed by atoms with Gasteiger partial charge in [-0.25, -0.2) is 15.0 Å². The Kier molecular flexibility index (Phi) is 4.78. The van der Waals surface area contributed by atoms with Gasteiger partial charge in [0.1, 0.15) is 12.1 Å². The zero-order chi connectivity index (χ0) is 17.1. The molecular weight excluding hydrogens is 304 g/mol. The van der Waals surface area contributed by atoms with Gasteiger partial charge in [-0.1, -0.05) is 13.8 Å². The van der Waals surface area contributed by atoms with Gasteiger partial charge in [-0.05, 0) is 25.7 Å². The van der Waals surface area contributed by atoms with Crippen molar-refractivity contribution >= 4 is 11.8 Å². The predicted molar refractivity (Wildman–Crippen MR) is 94.6 cm³/mol. The maximum Gasteiger partial charge on any atom is 0.252 e. The summed E-state index contributed by atoms with van der Waals surface area (Å²) in [4.78, 5) is 29.7. The highest BCUT2D eigenvalue weighted by molar-refractivity contribution is 5.39. The second kappa shape index (κ2) is 6.98. The van der Waals surface area contributed by atoms with Gasteiger partial charge < -0.3 is 10.2 Å². The fraction of sp³-hybridized carbons (Fsp3) is 0.529. The first kappa shape index (κ1) is 16.4. The first-order valence-corrected chi connectivity index (χ1v) is 8.42. The molecule has 0 bridgehead atoms. The second-order valence-corrected chi connectivity index (χ2v) is 6.62. The molecule has 1 atom stereocenters. The van der Waals surface area contributed by atoms with Crippen molar-refractivity contribution in [3.05, 3.63) is 40.2 Å². The van der Waals surface area contributed by atoms with E-state index in [-0.39, 0.29) is 11.6 Å². The van der Waals surface area contributed by atoms with Gasteiger partial charge in [-0.2, -0.15) is 0 Å². The number of rotatable bonds is 4. The third-order valence-corrected chi connectivity index (χ3v) is 4.21. The molecule has 3 rings (SSSR count). The van der Waals surface area contributed by atoms with Crippen LogP contribution in [-0.2, 0) is 0 Å². The molecule has 128 valence electrons. The number of piperidine rings is 1. The summed E-state index contributed by atoms with van der Waals surface area (Å²) in [7, 11) is 0. The molecule has 2 aromatic rings. The molecule has 1 saturated heterocycles. The quantitative estimate of drug-likeness (QED) is 0.893. The summed E-state index contributed by atoms with van der Waals surface area (Å²) in [5.74, 6) is 1.88. The van der Waals surface area contributed by atoms with E-state index >= 15 is 0 Å². The number of aryl methyl sites for hydroxylation is 1. The molecule has 2 N–H and O–H groups in total. The minimum absolute atomic E-state index is 0.107. The highest BCUT2D eigenvalue weighted by Crippen LogP contribution is 2.19. The van der Waals surface area contributed by atoms with Gasteiger partial charge in [-0.3, -0.25) is 9.78 Å². The second-order valence-electron chi connectivity index (χ2n) is 6.62. The molecule has 3 heterocycles. The van der Waals surface area contributed by atoms with Crippen LogP contribution in [0.2, 0.25) is 0 Å². The van der Waals surface area contributed by atoms with Gasteiger partial charge in [0, 0.05) is 42.7 Å². The fourth-order valence-electron chi connectivity index (χ4n) is 2.98. The molecular formula is C17H24N6O. The summed E-state index contributed by atoms with van der Waals surface area (Å²) in [5, 5.41) is 3.49. The van der Waals surface area contributed by atoms with Crippen molar-refractivity contribution in [2.75, 3.05) is 23.3 Å². The fourth-order valence-corrected chi connectivity index (χ4v) is 2.98. The van der Waals surface area contributed by atoms with Crippen molar-refractivity contribution in [3.8, 4) is 0 Å². The third-order valence-electron chi connectivity index (χ3n) is 4.21. The zero-order valence-corrected chi connectivity index (χ0v) is 14.4. The highest BCUT2D eigenvalue weighted by Gasteiger charge is 2.22. The molecule has 7 nitrogen and oxygen atoms in total. The largest absolute Gasteiger partial charge is 0.365 e. The monoisotopic (exact) mass is 328 g/mol. The van der Waals surface area contributed by atoms with E-state index in [9.17, 15) is 4.79 Å². The Hall–Kier alpha value is -2.44. The Morgan fingerprint density at radius 3 is 2.92 bits per heavy atom. The summed E-state index contributed by atoms with van der Waals surface area (Å²) in [6, 6.07) is 3.79. The van der Waals surface area contributed by atoms with Gasteiger partial charge >= 0.3 is 0 Å². The number of nitrogens with one attached hydrogen (secondary N) is 2. The van der Waals surface area contributed by atoms with Crippen molar-refractivity contribution in [1.82, 2.24) is 19.9 Å². The number of H-pyrrole nitrogens is 1. The van der Waals surface area contributed by atoms with Gasteiger partial charge in [0.15, 0.2) is 0 Å². The number of aromatic amines is 1. The van der Waals surface area contributed by atoms with E-state index in [0.29, 0.717) is 11.9 Å². The molecule has 0 aliphatic carbocycles. The van der Waals surface area contributed by atoms with Crippen molar-refractivity contribution in [3.63, 3.8) is 0 Å². The van der Waals surface area contributed by atoms with Crippen LogP contribution >= 0.6 is 0 Å². The molecule has 1 fully saturated rings. The van der Waals surface area contributed by atoms with Crippen LogP contribution in [-0.4, -0.2) is 39.1 Å². The number of aromatic nitrogens is 4. The molecule has 1 aliphatic heterocycles. The van der Waals surface area contributed by atoms with Crippen LogP contribution in [0, 0.1) is 6.92 Å². The van der Waals surface area contributed by atoms with E-state index in [2.05, 4.69) is 44.0 Å². The topological polar surface area (TPSA) is 86.8 Å². The molecule has 7 heteroatoms. The third kappa shape index (κ3) is 3.90. The number of hydrogen-bond donors (Lipinski definition) is 2. The van der Waals surface area contributed by atoms with Gasteiger partial charge in [-0.15, -0.1) is 0 Å². The van der Waals surface area contributed by atoms with E-state index in [1.165, 1.54) is 6.07 Å². The van der Waals surface area contributed by atoms with E-state index in [4.69, 9.17) is 0 Å². The summed E-state index contributed by atoms with van der Waals surface area (Å²) < 4.78 is 0. The predicted octanol–water partition coefficient (Wildman–Crippen LogP) is 2.07. The van der Waals surface area contributed by atoms with Crippen LogP contribution in [0.5, 0.6) is 0 Å². The molecule has 24 heavy (non-hydrogen) atoms. The van der Waals surface area contributed by atoms with Crippen LogP contribution in [0.1, 0.15) is 44.0 Å². The van der Waals surface area contributed by atoms with Crippen LogP contribution in [0.25, 0.3) is 0 Å². The molecule has 0 amide bonds. The maximum atomic E-state index is 11.7. The van der Waals surface area contributed by atoms with E-state index in [1.54, 1.807) is 6.33 Å². The lowest BCUT2D eigenvalue weighted by Gasteiger charge is -2.33. The number of nitrogens with zero attached hydrogens (tertiary/aromatic N) is 4. The lowest BCUT2D eigenvalue weighted by molar-refractivity contribution is 0.520. The first-order chi connectivity index (χ1) is 11.5. The van der Waals surface area contributed by atoms with Crippen molar-refractivity contribution in [2.24, 2.45) is 0 Å². The van der Waals surface area contributed by atoms with Crippen molar-refractivity contribution in [1.29, 1.82) is 0 Å². The van der Waals surface area contributed by atoms with Gasteiger partial charge in [0.25, 0.3) is 5.56 Å². The van der Waals surface area contributed by atoms with Crippen LogP contribution in [0.3, 0.4) is 0 Å². The molecule has 2 aromatic heterocycles. The molecule has 0 aromatic carbocycles. The lowest BCUT2D eigenvalue weighted by atomic mass is 10.1. The summed E-state index contributed by atoms with van der Waals surface area (Å²) in [5.41, 5.74) is 1.66. The standard InChI is InChI=1S/C17H24N6O/c1-11(2)14-8-15(19-10-18-14)21-13-5-4-6-23(9-13)17-20-12(3)7-16(24)22-17/h7-8,10-11,13H,4-6,9H2,1-3H3,(H,18,19,21)(H,20,22,24). The van der Waals surface area contributed by atoms with Crippen LogP contribution in [0.15, 0.2) is 23.3 Å². The molecule has 1 unspecified atom stereocenters. The van der Waals surface area contributed by atoms with Gasteiger partial charge in [0.2, 0.25) is 5.95 Å². The number of hydrogen-bond acceptors (Lipinski definition) is 6. The summed E-state index contributed by atoms with van der Waals surface area (Å²) >= 11 is 0. The number of anilines is 2. The smallest absolute Gasteiger partial charge is 0.252 e. The van der Waals surface area contributed by atoms with E-state index in [1.807, 2.05) is 13.0 Å². The molecule has 0 saturated carbocycles. The minimum atomic E-state index is -0.107. The van der Waals surface area contributed by atoms with Crippen molar-refractivity contribution < 1.29 is 0 Å². The summed E-state index contributed by atoms with van der Waals surface area (Å²) in [6.07, 6.45) is 3.71. The van der Waals surface area contributed by atoms with Crippen LogP contribution in [0.4, 0.5) is 11.8 Å². The lowest BCUT2D eigenvalue weighted by Crippen LogP contribution is -2.43. The Labute approximate surface area is 141 Å². The van der Waals surface area contributed by atoms with Crippen molar-refractivity contribution in [2.45, 2.75) is 45.6 Å². The van der Waals surface area contributed by atoms with E-state index < -0.39 is 0 Å². The van der Waals surface area contributed by atoms with E-state index in [0.717, 1.165) is 43.1 Å². The zero-order valence-electron chi connectivity index (χ0n) is 14.4. The Morgan fingerprint density at radius 2 is 2.17 bits per heavy atom. The molecule has 0 spiro atoms. The SMILES string of the molecule is Cc1cc(=O)[nH]c(N2CCCC(Nc3cc(C(C)C)ncn3)C2)n1. The van der Waals surface area contributed by atoms with Crippen LogP contribution < -0.4 is 15.8 Å². The Balaban J connectivity index is 1.71. The molecule has 0 radical (unpaired) electrons. The maximum absolute atomic E-state index is 11.7. The normalized spacial score (nSPS) is 18.0.